The molecule has 21 heavy (non-hydrogen) atoms. The molecular weight excluding hydrogens is 260 g/mol. The summed E-state index contributed by atoms with van der Waals surface area (Å²) in [5.41, 5.74) is 4.29. The van der Waals surface area contributed by atoms with E-state index in [4.69, 9.17) is 4.74 Å². The minimum atomic E-state index is 0.688. The van der Waals surface area contributed by atoms with Gasteiger partial charge in [-0.05, 0) is 57.6 Å². The van der Waals surface area contributed by atoms with Crippen LogP contribution in [0.2, 0.25) is 0 Å². The summed E-state index contributed by atoms with van der Waals surface area (Å²) in [7, 11) is 4.23. The number of likely N-dealkylation sites (N-methyl/N-ethyl adjacent to an activating group) is 1. The van der Waals surface area contributed by atoms with Crippen molar-refractivity contribution in [3.63, 3.8) is 0 Å². The number of rotatable bonds is 6. The molecule has 118 valence electrons. The normalized spacial score (nSPS) is 18.9. The van der Waals surface area contributed by atoms with Crippen LogP contribution in [-0.4, -0.2) is 43.1 Å². The average Bonchev–Trinajstić information content (AvgIpc) is 2.46. The van der Waals surface area contributed by atoms with Gasteiger partial charge in [0.1, 0.15) is 5.75 Å². The highest BCUT2D eigenvalue weighted by Gasteiger charge is 2.25. The van der Waals surface area contributed by atoms with E-state index in [0.717, 1.165) is 32.0 Å². The minimum Gasteiger partial charge on any atom is -0.494 e. The molecule has 2 rings (SSSR count). The van der Waals surface area contributed by atoms with Gasteiger partial charge in [0.25, 0.3) is 0 Å². The van der Waals surface area contributed by atoms with Crippen LogP contribution in [0.1, 0.15) is 43.9 Å². The van der Waals surface area contributed by atoms with Crippen LogP contribution in [0, 0.1) is 0 Å². The maximum atomic E-state index is 5.88. The van der Waals surface area contributed by atoms with Crippen molar-refractivity contribution in [2.24, 2.45) is 0 Å². The summed E-state index contributed by atoms with van der Waals surface area (Å²) in [6, 6.07) is 5.36. The van der Waals surface area contributed by atoms with E-state index in [1.54, 1.807) is 0 Å². The van der Waals surface area contributed by atoms with E-state index in [9.17, 15) is 0 Å². The molecule has 1 unspecified atom stereocenters. The molecule has 0 fully saturated rings. The summed E-state index contributed by atoms with van der Waals surface area (Å²) in [4.78, 5) is 4.80. The Balaban J connectivity index is 2.35. The predicted octanol–water partition coefficient (Wildman–Crippen LogP) is 3.30. The third kappa shape index (κ3) is 3.78. The molecule has 0 N–H and O–H groups in total. The zero-order valence-electron chi connectivity index (χ0n) is 14.3. The molecule has 0 saturated heterocycles. The van der Waals surface area contributed by atoms with Crippen LogP contribution in [0.5, 0.6) is 5.75 Å². The predicted molar refractivity (Wildman–Crippen MR) is 88.9 cm³/mol. The zero-order chi connectivity index (χ0) is 15.4. The number of nitrogens with zero attached hydrogens (tertiary/aromatic N) is 2. The first kappa shape index (κ1) is 16.3. The van der Waals surface area contributed by atoms with Gasteiger partial charge >= 0.3 is 0 Å². The summed E-state index contributed by atoms with van der Waals surface area (Å²) in [5.74, 6) is 1.07. The second kappa shape index (κ2) is 7.28. The van der Waals surface area contributed by atoms with Crippen molar-refractivity contribution in [1.29, 1.82) is 0 Å². The summed E-state index contributed by atoms with van der Waals surface area (Å²) >= 11 is 0. The molecule has 3 heteroatoms. The molecule has 0 spiro atoms. The van der Waals surface area contributed by atoms with Crippen molar-refractivity contribution >= 4 is 0 Å². The molecule has 0 bridgehead atoms. The van der Waals surface area contributed by atoms with Crippen molar-refractivity contribution < 1.29 is 4.74 Å². The Morgan fingerprint density at radius 1 is 1.19 bits per heavy atom. The Bertz CT molecular complexity index is 471. The maximum absolute atomic E-state index is 5.88. The maximum Gasteiger partial charge on any atom is 0.124 e. The number of hydrogen-bond donors (Lipinski definition) is 0. The Morgan fingerprint density at radius 3 is 2.52 bits per heavy atom. The molecule has 1 aromatic rings. The lowest BCUT2D eigenvalue weighted by atomic mass is 9.90. The Kier molecular flexibility index (Phi) is 5.65. The summed E-state index contributed by atoms with van der Waals surface area (Å²) in [6.45, 7) is 10.5. The van der Waals surface area contributed by atoms with Crippen molar-refractivity contribution in [2.45, 2.75) is 52.7 Å². The monoisotopic (exact) mass is 290 g/mol. The zero-order valence-corrected chi connectivity index (χ0v) is 14.3. The molecule has 1 aliphatic rings. The van der Waals surface area contributed by atoms with E-state index in [-0.39, 0.29) is 0 Å². The molecular formula is C18H30N2O. The van der Waals surface area contributed by atoms with Gasteiger partial charge in [0, 0.05) is 24.7 Å². The largest absolute Gasteiger partial charge is 0.494 e. The molecule has 3 nitrogen and oxygen atoms in total. The molecule has 0 aliphatic carbocycles. The molecule has 1 atom stereocenters. The lowest BCUT2D eigenvalue weighted by Gasteiger charge is -2.36. The van der Waals surface area contributed by atoms with Gasteiger partial charge in [0.15, 0.2) is 0 Å². The van der Waals surface area contributed by atoms with E-state index in [2.05, 4.69) is 56.8 Å². The van der Waals surface area contributed by atoms with Crippen LogP contribution in [0.15, 0.2) is 12.1 Å². The Hall–Kier alpha value is -1.06. The Labute approximate surface area is 129 Å². The summed E-state index contributed by atoms with van der Waals surface area (Å²) in [5, 5.41) is 0. The van der Waals surface area contributed by atoms with Gasteiger partial charge in [0.2, 0.25) is 0 Å². The number of ether oxygens (including phenoxy) is 1. The van der Waals surface area contributed by atoms with Crippen LogP contribution in [0.3, 0.4) is 0 Å². The highest BCUT2D eigenvalue weighted by atomic mass is 16.5. The molecule has 0 aromatic heterocycles. The number of hydrogen-bond acceptors (Lipinski definition) is 3. The molecule has 1 heterocycles. The van der Waals surface area contributed by atoms with Crippen LogP contribution in [0.4, 0.5) is 0 Å². The van der Waals surface area contributed by atoms with Crippen LogP contribution >= 0.6 is 0 Å². The second-order valence-electron chi connectivity index (χ2n) is 6.23. The van der Waals surface area contributed by atoms with Crippen molar-refractivity contribution in [1.82, 2.24) is 9.80 Å². The van der Waals surface area contributed by atoms with Gasteiger partial charge in [-0.3, -0.25) is 4.90 Å². The smallest absolute Gasteiger partial charge is 0.124 e. The molecule has 1 aromatic carbocycles. The first-order valence-corrected chi connectivity index (χ1v) is 8.25. The van der Waals surface area contributed by atoms with E-state index in [0.29, 0.717) is 6.04 Å². The van der Waals surface area contributed by atoms with Crippen LogP contribution < -0.4 is 4.74 Å². The van der Waals surface area contributed by atoms with Gasteiger partial charge in [0.05, 0.1) is 6.61 Å². The van der Waals surface area contributed by atoms with Gasteiger partial charge in [-0.2, -0.15) is 0 Å². The molecule has 1 aliphatic heterocycles. The third-order valence-corrected chi connectivity index (χ3v) is 4.39. The fourth-order valence-corrected chi connectivity index (χ4v) is 3.31. The van der Waals surface area contributed by atoms with Crippen LogP contribution in [-0.2, 0) is 19.5 Å². The first-order chi connectivity index (χ1) is 10.1. The second-order valence-corrected chi connectivity index (χ2v) is 6.23. The van der Waals surface area contributed by atoms with Crippen molar-refractivity contribution in [2.75, 3.05) is 27.2 Å². The van der Waals surface area contributed by atoms with Gasteiger partial charge in [-0.1, -0.05) is 19.9 Å². The fraction of sp³-hybridized carbons (Fsp3) is 0.667. The topological polar surface area (TPSA) is 15.7 Å². The van der Waals surface area contributed by atoms with Gasteiger partial charge < -0.3 is 9.64 Å². The third-order valence-electron chi connectivity index (χ3n) is 4.39. The SMILES string of the molecule is CCOc1cc2c(cc1CN(C)C)CC(CC)N(CC)C2. The standard InChI is InChI=1S/C18H30N2O/c1-6-17-10-14-9-16(12-19(4)5)18(21-8-3)11-15(14)13-20(17)7-2/h9,11,17H,6-8,10,12-13H2,1-5H3. The van der Waals surface area contributed by atoms with E-state index in [1.165, 1.54) is 29.5 Å². The molecule has 0 saturated carbocycles. The highest BCUT2D eigenvalue weighted by Crippen LogP contribution is 2.31. The van der Waals surface area contributed by atoms with Crippen molar-refractivity contribution in [3.8, 4) is 5.75 Å². The number of benzene rings is 1. The van der Waals surface area contributed by atoms with Crippen molar-refractivity contribution in [3.05, 3.63) is 28.8 Å². The summed E-state index contributed by atoms with van der Waals surface area (Å²) in [6.07, 6.45) is 2.40. The van der Waals surface area contributed by atoms with Gasteiger partial charge in [-0.15, -0.1) is 0 Å². The Morgan fingerprint density at radius 2 is 1.95 bits per heavy atom. The van der Waals surface area contributed by atoms with Crippen LogP contribution in [0.25, 0.3) is 0 Å². The first-order valence-electron chi connectivity index (χ1n) is 8.25. The number of fused-ring (bicyclic) bond motifs is 1. The van der Waals surface area contributed by atoms with E-state index in [1.807, 2.05) is 0 Å². The van der Waals surface area contributed by atoms with E-state index >= 15 is 0 Å². The minimum absolute atomic E-state index is 0.688. The quantitative estimate of drug-likeness (QED) is 0.799. The average molecular weight is 290 g/mol. The van der Waals surface area contributed by atoms with E-state index < -0.39 is 0 Å². The summed E-state index contributed by atoms with van der Waals surface area (Å²) < 4.78 is 5.88. The molecule has 0 amide bonds. The lowest BCUT2D eigenvalue weighted by molar-refractivity contribution is 0.175. The highest BCUT2D eigenvalue weighted by molar-refractivity contribution is 5.44. The fourth-order valence-electron chi connectivity index (χ4n) is 3.31. The lowest BCUT2D eigenvalue weighted by Crippen LogP contribution is -2.39. The molecule has 0 radical (unpaired) electrons. The van der Waals surface area contributed by atoms with Gasteiger partial charge in [-0.25, -0.2) is 0 Å².